The number of hydrogen-bond donors (Lipinski definition) is 1. The third-order valence-electron chi connectivity index (χ3n) is 2.48. The molecule has 2 N–H and O–H groups in total. The first kappa shape index (κ1) is 14.7. The molecule has 5 nitrogen and oxygen atoms in total. The Morgan fingerprint density at radius 1 is 1.35 bits per heavy atom. The van der Waals surface area contributed by atoms with Gasteiger partial charge < -0.3 is 5.73 Å². The van der Waals surface area contributed by atoms with Crippen LogP contribution in [-0.4, -0.2) is 32.6 Å². The van der Waals surface area contributed by atoms with Gasteiger partial charge in [-0.15, -0.1) is 5.10 Å². The lowest BCUT2D eigenvalue weighted by atomic mass is 10.2. The fourth-order valence-electron chi connectivity index (χ4n) is 1.50. The predicted octanol–water partition coefficient (Wildman–Crippen LogP) is 2.59. The summed E-state index contributed by atoms with van der Waals surface area (Å²) in [6.45, 7) is -1.33. The van der Waals surface area contributed by atoms with Crippen LogP contribution in [0, 0.1) is 0 Å². The summed E-state index contributed by atoms with van der Waals surface area (Å²) in [4.78, 5) is 0. The van der Waals surface area contributed by atoms with Crippen LogP contribution in [0.1, 0.15) is 0 Å². The molecule has 1 heterocycles. The van der Waals surface area contributed by atoms with Crippen LogP contribution in [0.3, 0.4) is 0 Å². The molecule has 0 fully saturated rings. The number of anilines is 1. The Kier molecular flexibility index (Phi) is 3.93. The second kappa shape index (κ2) is 5.35. The van der Waals surface area contributed by atoms with Gasteiger partial charge >= 0.3 is 12.3 Å². The van der Waals surface area contributed by atoms with E-state index in [2.05, 4.69) is 31.5 Å². The average molecular weight is 354 g/mol. The monoisotopic (exact) mass is 353 g/mol. The number of hydrogen-bond acceptors (Lipinski definition) is 4. The standard InChI is InChI=1S/C10H8BrF4N5/c11-7-5(2-1-3-6(7)16)8-17-18-19-20(8)4-10(14,15)9(12)13/h1-3,9H,4,16H2. The Morgan fingerprint density at radius 2 is 2.05 bits per heavy atom. The summed E-state index contributed by atoms with van der Waals surface area (Å²) < 4.78 is 51.6. The smallest absolute Gasteiger partial charge is 0.326 e. The maximum atomic E-state index is 13.1. The molecule has 0 amide bonds. The van der Waals surface area contributed by atoms with Crippen LogP contribution in [0.25, 0.3) is 11.4 Å². The number of aromatic nitrogens is 4. The van der Waals surface area contributed by atoms with E-state index in [1.165, 1.54) is 6.07 Å². The molecule has 2 aromatic rings. The van der Waals surface area contributed by atoms with Gasteiger partial charge in [-0.2, -0.15) is 8.78 Å². The second-order valence-electron chi connectivity index (χ2n) is 3.93. The van der Waals surface area contributed by atoms with E-state index in [1.54, 1.807) is 12.1 Å². The highest BCUT2D eigenvalue weighted by molar-refractivity contribution is 9.10. The van der Waals surface area contributed by atoms with Crippen molar-refractivity contribution in [2.45, 2.75) is 18.9 Å². The van der Waals surface area contributed by atoms with Crippen LogP contribution < -0.4 is 5.73 Å². The molecular formula is C10H8BrF4N5. The second-order valence-corrected chi connectivity index (χ2v) is 4.72. The molecule has 0 aliphatic rings. The van der Waals surface area contributed by atoms with Crippen molar-refractivity contribution < 1.29 is 17.6 Å². The number of benzene rings is 1. The molecule has 1 aromatic heterocycles. The number of tetrazole rings is 1. The Hall–Kier alpha value is -1.71. The third kappa shape index (κ3) is 2.74. The zero-order valence-corrected chi connectivity index (χ0v) is 11.4. The van der Waals surface area contributed by atoms with Crippen LogP contribution >= 0.6 is 15.9 Å². The summed E-state index contributed by atoms with van der Waals surface area (Å²) in [7, 11) is 0. The van der Waals surface area contributed by atoms with Gasteiger partial charge in [0.05, 0.1) is 4.47 Å². The van der Waals surface area contributed by atoms with E-state index in [9.17, 15) is 17.6 Å². The zero-order valence-electron chi connectivity index (χ0n) is 9.77. The van der Waals surface area contributed by atoms with Gasteiger partial charge in [0, 0.05) is 11.3 Å². The van der Waals surface area contributed by atoms with Crippen molar-refractivity contribution in [3.05, 3.63) is 22.7 Å². The number of rotatable bonds is 4. The molecule has 0 aliphatic carbocycles. The predicted molar refractivity (Wildman–Crippen MR) is 66.3 cm³/mol. The average Bonchev–Trinajstić information content (AvgIpc) is 2.80. The van der Waals surface area contributed by atoms with E-state index < -0.39 is 18.9 Å². The highest BCUT2D eigenvalue weighted by atomic mass is 79.9. The first-order chi connectivity index (χ1) is 9.33. The molecule has 0 spiro atoms. The van der Waals surface area contributed by atoms with Crippen molar-refractivity contribution in [2.24, 2.45) is 0 Å². The summed E-state index contributed by atoms with van der Waals surface area (Å²) in [5.74, 6) is -4.30. The minimum absolute atomic E-state index is 0.0792. The van der Waals surface area contributed by atoms with Gasteiger partial charge in [-0.1, -0.05) is 6.07 Å². The van der Waals surface area contributed by atoms with Crippen LogP contribution in [0.15, 0.2) is 22.7 Å². The van der Waals surface area contributed by atoms with Gasteiger partial charge in [-0.3, -0.25) is 0 Å². The van der Waals surface area contributed by atoms with Crippen LogP contribution in [0.5, 0.6) is 0 Å². The quantitative estimate of drug-likeness (QED) is 0.677. The maximum absolute atomic E-state index is 13.1. The summed E-state index contributed by atoms with van der Waals surface area (Å²) in [5.41, 5.74) is 6.34. The van der Waals surface area contributed by atoms with Crippen molar-refractivity contribution in [2.75, 3.05) is 5.73 Å². The summed E-state index contributed by atoms with van der Waals surface area (Å²) in [6.07, 6.45) is -3.80. The van der Waals surface area contributed by atoms with E-state index in [-0.39, 0.29) is 5.82 Å². The maximum Gasteiger partial charge on any atom is 0.326 e. The highest BCUT2D eigenvalue weighted by Gasteiger charge is 2.42. The van der Waals surface area contributed by atoms with Crippen molar-refractivity contribution in [3.8, 4) is 11.4 Å². The van der Waals surface area contributed by atoms with E-state index in [0.717, 1.165) is 0 Å². The molecule has 1 aromatic carbocycles. The number of alkyl halides is 4. The van der Waals surface area contributed by atoms with Gasteiger partial charge in [-0.05, 0) is 38.5 Å². The Balaban J connectivity index is 2.41. The minimum atomic E-state index is -4.23. The molecule has 0 bridgehead atoms. The lowest BCUT2D eigenvalue weighted by Crippen LogP contribution is -2.32. The highest BCUT2D eigenvalue weighted by Crippen LogP contribution is 2.32. The van der Waals surface area contributed by atoms with E-state index in [0.29, 0.717) is 20.4 Å². The first-order valence-corrected chi connectivity index (χ1v) is 6.08. The van der Waals surface area contributed by atoms with E-state index in [4.69, 9.17) is 5.73 Å². The molecule has 0 saturated heterocycles. The summed E-state index contributed by atoms with van der Waals surface area (Å²) >= 11 is 3.17. The van der Waals surface area contributed by atoms with E-state index in [1.807, 2.05) is 0 Å². The molecule has 0 saturated carbocycles. The lowest BCUT2D eigenvalue weighted by Gasteiger charge is -2.15. The number of halogens is 5. The Bertz CT molecular complexity index is 615. The van der Waals surface area contributed by atoms with Crippen molar-refractivity contribution in [3.63, 3.8) is 0 Å². The molecule has 0 atom stereocenters. The molecule has 0 unspecified atom stereocenters. The fraction of sp³-hybridized carbons (Fsp3) is 0.300. The SMILES string of the molecule is Nc1cccc(-c2nnnn2CC(F)(F)C(F)F)c1Br. The van der Waals surface area contributed by atoms with Crippen molar-refractivity contribution in [1.29, 1.82) is 0 Å². The molecule has 10 heteroatoms. The molecule has 0 radical (unpaired) electrons. The zero-order chi connectivity index (χ0) is 14.9. The summed E-state index contributed by atoms with van der Waals surface area (Å²) in [6, 6.07) is 4.68. The van der Waals surface area contributed by atoms with Gasteiger partial charge in [0.1, 0.15) is 6.54 Å². The number of nitrogen functional groups attached to an aromatic ring is 1. The van der Waals surface area contributed by atoms with Crippen LogP contribution in [0.4, 0.5) is 23.2 Å². The normalized spacial score (nSPS) is 12.1. The molecule has 2 rings (SSSR count). The van der Waals surface area contributed by atoms with Crippen molar-refractivity contribution in [1.82, 2.24) is 20.2 Å². The third-order valence-corrected chi connectivity index (χ3v) is 3.37. The minimum Gasteiger partial charge on any atom is -0.398 e. The Labute approximate surface area is 118 Å². The van der Waals surface area contributed by atoms with E-state index >= 15 is 0 Å². The van der Waals surface area contributed by atoms with Crippen LogP contribution in [0.2, 0.25) is 0 Å². The largest absolute Gasteiger partial charge is 0.398 e. The van der Waals surface area contributed by atoms with Gasteiger partial charge in [-0.25, -0.2) is 13.5 Å². The van der Waals surface area contributed by atoms with Gasteiger partial charge in [0.25, 0.3) is 0 Å². The summed E-state index contributed by atoms with van der Waals surface area (Å²) in [5, 5.41) is 10.1. The fourth-order valence-corrected chi connectivity index (χ4v) is 1.94. The van der Waals surface area contributed by atoms with Crippen molar-refractivity contribution >= 4 is 21.6 Å². The first-order valence-electron chi connectivity index (χ1n) is 5.29. The van der Waals surface area contributed by atoms with Crippen LogP contribution in [-0.2, 0) is 6.54 Å². The number of nitrogens with zero attached hydrogens (tertiary/aromatic N) is 4. The molecule has 20 heavy (non-hydrogen) atoms. The van der Waals surface area contributed by atoms with Gasteiger partial charge in [0.15, 0.2) is 5.82 Å². The molecule has 108 valence electrons. The lowest BCUT2D eigenvalue weighted by molar-refractivity contribution is -0.139. The molecule has 0 aliphatic heterocycles. The molecular weight excluding hydrogens is 346 g/mol. The van der Waals surface area contributed by atoms with Gasteiger partial charge in [0.2, 0.25) is 0 Å². The number of nitrogens with two attached hydrogens (primary N) is 1. The topological polar surface area (TPSA) is 69.6 Å². The Morgan fingerprint density at radius 3 is 2.70 bits per heavy atom.